The number of nitrogens with zero attached hydrogens (tertiary/aromatic N) is 2. The predicted octanol–water partition coefficient (Wildman–Crippen LogP) is 3.79. The van der Waals surface area contributed by atoms with Crippen LogP contribution < -0.4 is 10.1 Å². The number of unbranched alkanes of at least 4 members (excludes halogenated alkanes) is 1. The van der Waals surface area contributed by atoms with Crippen molar-refractivity contribution in [3.63, 3.8) is 0 Å². The predicted molar refractivity (Wildman–Crippen MR) is 96.2 cm³/mol. The lowest BCUT2D eigenvalue weighted by Crippen LogP contribution is -2.29. The third-order valence-electron chi connectivity index (χ3n) is 3.68. The highest BCUT2D eigenvalue weighted by atomic mass is 32.1. The van der Waals surface area contributed by atoms with Crippen LogP contribution in [0.1, 0.15) is 19.8 Å². The van der Waals surface area contributed by atoms with E-state index in [1.165, 1.54) is 29.8 Å². The van der Waals surface area contributed by atoms with Crippen molar-refractivity contribution in [2.75, 3.05) is 13.2 Å². The molecule has 2 aromatic heterocycles. The number of hydrogen-bond donors (Lipinski definition) is 1. The maximum absolute atomic E-state index is 13.2. The van der Waals surface area contributed by atoms with Crippen LogP contribution in [0, 0.1) is 5.82 Å². The topological polar surface area (TPSA) is 64.1 Å². The molecule has 0 fully saturated rings. The molecular weight excluding hydrogens is 341 g/mol. The Balaban J connectivity index is 1.82. The first-order valence-corrected chi connectivity index (χ1v) is 8.94. The van der Waals surface area contributed by atoms with Crippen molar-refractivity contribution in [3.8, 4) is 17.0 Å². The second-order valence-electron chi connectivity index (χ2n) is 5.51. The van der Waals surface area contributed by atoms with E-state index in [9.17, 15) is 9.18 Å². The monoisotopic (exact) mass is 359 g/mol. The fraction of sp³-hybridized carbons (Fsp3) is 0.278. The molecule has 0 aliphatic heterocycles. The molecular formula is C18H18FN3O2S. The SMILES string of the molecule is CCCCNC(=O)COc1ncnc2scc(-c3ccc(F)cc3)c12. The Labute approximate surface area is 148 Å². The van der Waals surface area contributed by atoms with Gasteiger partial charge >= 0.3 is 0 Å². The van der Waals surface area contributed by atoms with E-state index < -0.39 is 0 Å². The summed E-state index contributed by atoms with van der Waals surface area (Å²) in [6.45, 7) is 2.60. The summed E-state index contributed by atoms with van der Waals surface area (Å²) in [5.41, 5.74) is 1.71. The van der Waals surface area contributed by atoms with E-state index in [1.54, 1.807) is 12.1 Å². The fourth-order valence-corrected chi connectivity index (χ4v) is 3.30. The number of aromatic nitrogens is 2. The molecule has 25 heavy (non-hydrogen) atoms. The van der Waals surface area contributed by atoms with Crippen LogP contribution in [0.5, 0.6) is 5.88 Å². The highest BCUT2D eigenvalue weighted by Gasteiger charge is 2.15. The smallest absolute Gasteiger partial charge is 0.258 e. The fourth-order valence-electron chi connectivity index (χ4n) is 2.39. The maximum Gasteiger partial charge on any atom is 0.258 e. The molecule has 3 rings (SSSR count). The van der Waals surface area contributed by atoms with Gasteiger partial charge in [0.25, 0.3) is 5.91 Å². The lowest BCUT2D eigenvalue weighted by Gasteiger charge is -2.08. The average molecular weight is 359 g/mol. The molecule has 5 nitrogen and oxygen atoms in total. The quantitative estimate of drug-likeness (QED) is 0.652. The van der Waals surface area contributed by atoms with Gasteiger partial charge in [0.2, 0.25) is 5.88 Å². The normalized spacial score (nSPS) is 10.8. The number of benzene rings is 1. The number of thiophene rings is 1. The Hall–Kier alpha value is -2.54. The Morgan fingerprint density at radius 2 is 2.08 bits per heavy atom. The summed E-state index contributed by atoms with van der Waals surface area (Å²) >= 11 is 1.45. The van der Waals surface area contributed by atoms with Crippen molar-refractivity contribution in [1.82, 2.24) is 15.3 Å². The van der Waals surface area contributed by atoms with Crippen LogP contribution in [0.15, 0.2) is 36.0 Å². The number of hydrogen-bond acceptors (Lipinski definition) is 5. The minimum Gasteiger partial charge on any atom is -0.467 e. The molecule has 3 aromatic rings. The molecule has 0 bridgehead atoms. The average Bonchev–Trinajstić information content (AvgIpc) is 3.05. The number of rotatable bonds is 7. The van der Waals surface area contributed by atoms with Crippen LogP contribution >= 0.6 is 11.3 Å². The summed E-state index contributed by atoms with van der Waals surface area (Å²) in [5, 5.41) is 5.47. The molecule has 0 saturated heterocycles. The van der Waals surface area contributed by atoms with Gasteiger partial charge in [-0.15, -0.1) is 11.3 Å². The van der Waals surface area contributed by atoms with Crippen molar-refractivity contribution < 1.29 is 13.9 Å². The Bertz CT molecular complexity index is 864. The van der Waals surface area contributed by atoms with Crippen LogP contribution in [0.4, 0.5) is 4.39 Å². The van der Waals surface area contributed by atoms with Crippen molar-refractivity contribution in [1.29, 1.82) is 0 Å². The second kappa shape index (κ2) is 8.02. The molecule has 7 heteroatoms. The summed E-state index contributed by atoms with van der Waals surface area (Å²) in [5.74, 6) is -0.116. The van der Waals surface area contributed by atoms with E-state index in [1.807, 2.05) is 5.38 Å². The molecule has 0 unspecified atom stereocenters. The van der Waals surface area contributed by atoms with E-state index in [2.05, 4.69) is 22.2 Å². The van der Waals surface area contributed by atoms with E-state index >= 15 is 0 Å². The molecule has 1 N–H and O–H groups in total. The minimum atomic E-state index is -0.292. The number of ether oxygens (including phenoxy) is 1. The van der Waals surface area contributed by atoms with Gasteiger partial charge in [-0.1, -0.05) is 25.5 Å². The van der Waals surface area contributed by atoms with Gasteiger partial charge in [0.05, 0.1) is 5.39 Å². The van der Waals surface area contributed by atoms with Crippen LogP contribution in [0.2, 0.25) is 0 Å². The highest BCUT2D eigenvalue weighted by Crippen LogP contribution is 2.37. The van der Waals surface area contributed by atoms with E-state index in [4.69, 9.17) is 4.74 Å². The second-order valence-corrected chi connectivity index (χ2v) is 6.37. The van der Waals surface area contributed by atoms with Crippen LogP contribution in [-0.4, -0.2) is 29.0 Å². The summed E-state index contributed by atoms with van der Waals surface area (Å²) in [7, 11) is 0. The summed E-state index contributed by atoms with van der Waals surface area (Å²) in [4.78, 5) is 21.0. The van der Waals surface area contributed by atoms with Crippen LogP contribution in [-0.2, 0) is 4.79 Å². The molecule has 0 aliphatic rings. The molecule has 2 heterocycles. The van der Waals surface area contributed by atoms with Crippen LogP contribution in [0.25, 0.3) is 21.3 Å². The van der Waals surface area contributed by atoms with Gasteiger partial charge in [-0.25, -0.2) is 14.4 Å². The van der Waals surface area contributed by atoms with Crippen molar-refractivity contribution in [2.45, 2.75) is 19.8 Å². The lowest BCUT2D eigenvalue weighted by atomic mass is 10.1. The summed E-state index contributed by atoms with van der Waals surface area (Å²) in [6.07, 6.45) is 3.37. The van der Waals surface area contributed by atoms with Gasteiger partial charge in [-0.3, -0.25) is 4.79 Å². The van der Waals surface area contributed by atoms with Crippen molar-refractivity contribution in [2.24, 2.45) is 0 Å². The summed E-state index contributed by atoms with van der Waals surface area (Å²) < 4.78 is 18.8. The van der Waals surface area contributed by atoms with Crippen molar-refractivity contribution in [3.05, 3.63) is 41.8 Å². The largest absolute Gasteiger partial charge is 0.467 e. The number of halogens is 1. The molecule has 0 atom stereocenters. The van der Waals surface area contributed by atoms with Crippen molar-refractivity contribution >= 4 is 27.5 Å². The third kappa shape index (κ3) is 4.11. The standard InChI is InChI=1S/C18H18FN3O2S/c1-2-3-8-20-15(23)9-24-17-16-14(10-25-18(16)22-11-21-17)12-4-6-13(19)7-5-12/h4-7,10-11H,2-3,8-9H2,1H3,(H,20,23). The molecule has 0 saturated carbocycles. The molecule has 1 aromatic carbocycles. The first-order valence-electron chi connectivity index (χ1n) is 8.06. The number of nitrogens with one attached hydrogen (secondary N) is 1. The third-order valence-corrected chi connectivity index (χ3v) is 4.57. The molecule has 1 amide bonds. The van der Waals surface area contributed by atoms with Gasteiger partial charge in [0.1, 0.15) is 17.0 Å². The zero-order valence-corrected chi connectivity index (χ0v) is 14.6. The van der Waals surface area contributed by atoms with Gasteiger partial charge in [-0.2, -0.15) is 0 Å². The first kappa shape index (κ1) is 17.3. The van der Waals surface area contributed by atoms with Gasteiger partial charge < -0.3 is 10.1 Å². The number of fused-ring (bicyclic) bond motifs is 1. The molecule has 0 spiro atoms. The first-order chi connectivity index (χ1) is 12.2. The molecule has 0 radical (unpaired) electrons. The van der Waals surface area contributed by atoms with Gasteiger partial charge in [0.15, 0.2) is 6.61 Å². The molecule has 130 valence electrons. The lowest BCUT2D eigenvalue weighted by molar-refractivity contribution is -0.123. The number of amides is 1. The van der Waals surface area contributed by atoms with Gasteiger partial charge in [-0.05, 0) is 24.1 Å². The highest BCUT2D eigenvalue weighted by molar-refractivity contribution is 7.17. The Morgan fingerprint density at radius 1 is 1.28 bits per heavy atom. The van der Waals surface area contributed by atoms with E-state index in [0.29, 0.717) is 12.4 Å². The summed E-state index contributed by atoms with van der Waals surface area (Å²) in [6, 6.07) is 6.21. The Kier molecular flexibility index (Phi) is 5.55. The Morgan fingerprint density at radius 3 is 2.84 bits per heavy atom. The number of carbonyl (C=O) groups excluding carboxylic acids is 1. The van der Waals surface area contributed by atoms with Crippen LogP contribution in [0.3, 0.4) is 0 Å². The van der Waals surface area contributed by atoms with E-state index in [-0.39, 0.29) is 18.3 Å². The van der Waals surface area contributed by atoms with E-state index in [0.717, 1.165) is 34.2 Å². The molecule has 0 aliphatic carbocycles. The minimum absolute atomic E-state index is 0.103. The number of carbonyl (C=O) groups is 1. The maximum atomic E-state index is 13.2. The van der Waals surface area contributed by atoms with Gasteiger partial charge in [0, 0.05) is 17.5 Å². The zero-order valence-electron chi connectivity index (χ0n) is 13.8. The zero-order chi connectivity index (χ0) is 17.6.